The molecule has 0 fully saturated rings. The summed E-state index contributed by atoms with van der Waals surface area (Å²) in [7, 11) is 0. The molecule has 0 amide bonds. The molecular weight excluding hydrogens is 567 g/mol. The highest BCUT2D eigenvalue weighted by atomic mass is 15.1. The van der Waals surface area contributed by atoms with E-state index in [-0.39, 0.29) is 35.3 Å². The van der Waals surface area contributed by atoms with E-state index >= 15 is 0 Å². The molecule has 1 nitrogen and oxygen atoms in total. The third kappa shape index (κ3) is 4.46. The fourth-order valence-electron chi connectivity index (χ4n) is 7.66. The number of para-hydroxylation sites is 1. The number of nitrogens with zero attached hydrogens (tertiary/aromatic N) is 1. The highest BCUT2D eigenvalue weighted by Gasteiger charge is 2.36. The Morgan fingerprint density at radius 3 is 1.91 bits per heavy atom. The molecule has 224 valence electrons. The van der Waals surface area contributed by atoms with Crippen LogP contribution in [0.5, 0.6) is 0 Å². The van der Waals surface area contributed by atoms with Gasteiger partial charge in [-0.15, -0.1) is 0 Å². The SMILES string of the molecule is [2H]c1c([2H])c([2H])c(N(c2ccc(-c3ccccc3)cc2)c2ccc3c(c2)C(C)(C)c2cc(-c4cccc5c4Cc4ccccc4-5)ccc2-3)c([2H])c1[2H]. The van der Waals surface area contributed by atoms with Crippen molar-refractivity contribution in [1.29, 1.82) is 0 Å². The molecule has 0 saturated carbocycles. The minimum absolute atomic E-state index is 0.118. The standard InChI is InChI=1S/C46H35N/c1-46(2)44-29-34(39-18-11-19-40-38-17-10-9-14-33(38)28-43(39)40)22-26-41(44)42-27-25-37(30-45(42)46)47(35-15-7-4-8-16-35)36-23-20-32(21-24-36)31-12-5-3-6-13-31/h3-27,29-30H,28H2,1-2H3/i4D,7D,8D,15D,16D. The molecule has 0 atom stereocenters. The van der Waals surface area contributed by atoms with E-state index in [4.69, 9.17) is 6.85 Å². The number of anilines is 3. The zero-order chi connectivity index (χ0) is 35.9. The molecule has 7 aromatic rings. The van der Waals surface area contributed by atoms with E-state index in [1.807, 2.05) is 53.4 Å². The number of hydrogen-bond acceptors (Lipinski definition) is 1. The highest BCUT2D eigenvalue weighted by Crippen LogP contribution is 2.52. The normalized spacial score (nSPS) is 14.9. The first-order valence-electron chi connectivity index (χ1n) is 18.7. The van der Waals surface area contributed by atoms with Crippen LogP contribution < -0.4 is 4.90 Å². The number of benzene rings is 7. The maximum Gasteiger partial charge on any atom is 0.0645 e. The molecule has 0 spiro atoms. The molecule has 0 aliphatic heterocycles. The molecule has 0 N–H and O–H groups in total. The van der Waals surface area contributed by atoms with E-state index in [1.165, 1.54) is 44.5 Å². The highest BCUT2D eigenvalue weighted by molar-refractivity contribution is 5.90. The Morgan fingerprint density at radius 1 is 0.489 bits per heavy atom. The maximum atomic E-state index is 8.96. The molecule has 0 bridgehead atoms. The van der Waals surface area contributed by atoms with Crippen LogP contribution in [0.1, 0.15) is 43.0 Å². The van der Waals surface area contributed by atoms with Gasteiger partial charge in [-0.2, -0.15) is 0 Å². The van der Waals surface area contributed by atoms with Crippen LogP contribution in [0.15, 0.2) is 164 Å². The van der Waals surface area contributed by atoms with Gasteiger partial charge in [0.1, 0.15) is 0 Å². The Hall–Kier alpha value is -5.66. The Kier molecular flexibility index (Phi) is 5.19. The minimum atomic E-state index is -0.410. The molecule has 0 aromatic heterocycles. The van der Waals surface area contributed by atoms with Crippen LogP contribution in [0.4, 0.5) is 17.1 Å². The van der Waals surface area contributed by atoms with Gasteiger partial charge in [-0.25, -0.2) is 0 Å². The van der Waals surface area contributed by atoms with Gasteiger partial charge >= 0.3 is 0 Å². The maximum absolute atomic E-state index is 8.96. The molecule has 2 aliphatic carbocycles. The summed E-state index contributed by atoms with van der Waals surface area (Å²) in [6.07, 6.45) is 0.922. The van der Waals surface area contributed by atoms with Crippen molar-refractivity contribution in [3.05, 3.63) is 186 Å². The van der Waals surface area contributed by atoms with Crippen molar-refractivity contribution in [3.8, 4) is 44.5 Å². The van der Waals surface area contributed by atoms with Crippen LogP contribution in [0.25, 0.3) is 44.5 Å². The number of fused-ring (bicyclic) bond motifs is 6. The van der Waals surface area contributed by atoms with E-state index in [0.29, 0.717) is 5.69 Å². The van der Waals surface area contributed by atoms with Gasteiger partial charge in [0.15, 0.2) is 0 Å². The first-order chi connectivity index (χ1) is 25.1. The second-order valence-electron chi connectivity index (χ2n) is 13.0. The van der Waals surface area contributed by atoms with Gasteiger partial charge in [-0.05, 0) is 116 Å². The van der Waals surface area contributed by atoms with Crippen molar-refractivity contribution in [3.63, 3.8) is 0 Å². The molecule has 0 saturated heterocycles. The average molecular weight is 607 g/mol. The number of hydrogen-bond donors (Lipinski definition) is 0. The van der Waals surface area contributed by atoms with Gasteiger partial charge in [0, 0.05) is 22.5 Å². The van der Waals surface area contributed by atoms with Crippen molar-refractivity contribution < 1.29 is 6.85 Å². The first kappa shape index (κ1) is 22.8. The van der Waals surface area contributed by atoms with Crippen LogP contribution in [-0.4, -0.2) is 0 Å². The largest absolute Gasteiger partial charge is 0.310 e. The van der Waals surface area contributed by atoms with Crippen LogP contribution >= 0.6 is 0 Å². The van der Waals surface area contributed by atoms with Crippen molar-refractivity contribution in [2.24, 2.45) is 0 Å². The predicted molar refractivity (Wildman–Crippen MR) is 198 cm³/mol. The Morgan fingerprint density at radius 2 is 1.11 bits per heavy atom. The van der Waals surface area contributed by atoms with Crippen LogP contribution in [0.3, 0.4) is 0 Å². The van der Waals surface area contributed by atoms with Crippen LogP contribution in [0, 0.1) is 0 Å². The number of rotatable bonds is 5. The first-order valence-corrected chi connectivity index (χ1v) is 16.2. The average Bonchev–Trinajstić information content (AvgIpc) is 3.67. The molecule has 1 heteroatoms. The molecular formula is C46H35N. The smallest absolute Gasteiger partial charge is 0.0645 e. The summed E-state index contributed by atoms with van der Waals surface area (Å²) in [6.45, 7) is 4.50. The van der Waals surface area contributed by atoms with Gasteiger partial charge < -0.3 is 4.90 Å². The lowest BCUT2D eigenvalue weighted by Gasteiger charge is -2.28. The molecule has 2 aliphatic rings. The van der Waals surface area contributed by atoms with Gasteiger partial charge in [0.05, 0.1) is 6.85 Å². The van der Waals surface area contributed by atoms with E-state index in [9.17, 15) is 0 Å². The predicted octanol–water partition coefficient (Wildman–Crippen LogP) is 12.4. The van der Waals surface area contributed by atoms with E-state index < -0.39 is 6.04 Å². The van der Waals surface area contributed by atoms with Gasteiger partial charge in [0.25, 0.3) is 0 Å². The Balaban J connectivity index is 1.16. The molecule has 0 heterocycles. The molecule has 9 rings (SSSR count). The summed E-state index contributed by atoms with van der Waals surface area (Å²) < 4.78 is 43.2. The summed E-state index contributed by atoms with van der Waals surface area (Å²) in [6, 6.07) is 44.8. The lowest BCUT2D eigenvalue weighted by molar-refractivity contribution is 0.660. The van der Waals surface area contributed by atoms with E-state index in [2.05, 4.69) is 98.8 Å². The summed E-state index contributed by atoms with van der Waals surface area (Å²) in [5.41, 5.74) is 15.8. The summed E-state index contributed by atoms with van der Waals surface area (Å²) in [4.78, 5) is 1.81. The lowest BCUT2D eigenvalue weighted by Crippen LogP contribution is -2.16. The second-order valence-corrected chi connectivity index (χ2v) is 13.0. The Bertz CT molecular complexity index is 2540. The van der Waals surface area contributed by atoms with Crippen molar-refractivity contribution >= 4 is 17.1 Å². The zero-order valence-electron chi connectivity index (χ0n) is 31.4. The van der Waals surface area contributed by atoms with Crippen molar-refractivity contribution in [1.82, 2.24) is 0 Å². The minimum Gasteiger partial charge on any atom is -0.310 e. The summed E-state index contributed by atoms with van der Waals surface area (Å²) >= 11 is 0. The van der Waals surface area contributed by atoms with Crippen LogP contribution in [0.2, 0.25) is 0 Å². The zero-order valence-corrected chi connectivity index (χ0v) is 26.4. The van der Waals surface area contributed by atoms with E-state index in [1.54, 1.807) is 0 Å². The van der Waals surface area contributed by atoms with Gasteiger partial charge in [0.2, 0.25) is 0 Å². The summed E-state index contributed by atoms with van der Waals surface area (Å²) in [5, 5.41) is 0. The lowest BCUT2D eigenvalue weighted by atomic mass is 9.81. The van der Waals surface area contributed by atoms with Crippen molar-refractivity contribution in [2.75, 3.05) is 4.90 Å². The second kappa shape index (κ2) is 10.7. The monoisotopic (exact) mass is 606 g/mol. The fraction of sp³-hybridized carbons (Fsp3) is 0.0870. The van der Waals surface area contributed by atoms with Crippen LogP contribution in [-0.2, 0) is 11.8 Å². The molecule has 47 heavy (non-hydrogen) atoms. The van der Waals surface area contributed by atoms with Crippen molar-refractivity contribution in [2.45, 2.75) is 25.7 Å². The van der Waals surface area contributed by atoms with E-state index in [0.717, 1.165) is 34.4 Å². The third-order valence-corrected chi connectivity index (χ3v) is 10.0. The molecule has 0 unspecified atom stereocenters. The quantitative estimate of drug-likeness (QED) is 0.188. The summed E-state index contributed by atoms with van der Waals surface area (Å²) in [5.74, 6) is 0. The molecule has 0 radical (unpaired) electrons. The Labute approximate surface area is 284 Å². The van der Waals surface area contributed by atoms with Gasteiger partial charge in [-0.3, -0.25) is 0 Å². The van der Waals surface area contributed by atoms with Gasteiger partial charge in [-0.1, -0.05) is 135 Å². The third-order valence-electron chi connectivity index (χ3n) is 10.0. The topological polar surface area (TPSA) is 3.24 Å². The molecule has 7 aromatic carbocycles. The fourth-order valence-corrected chi connectivity index (χ4v) is 7.66.